The van der Waals surface area contributed by atoms with Gasteiger partial charge in [0.2, 0.25) is 0 Å². The average Bonchev–Trinajstić information content (AvgIpc) is 2.40. The monoisotopic (exact) mass is 267 g/mol. The lowest BCUT2D eigenvalue weighted by atomic mass is 10.1. The molecular formula is C14H21NO4. The van der Waals surface area contributed by atoms with Crippen LogP contribution in [0.3, 0.4) is 0 Å². The largest absolute Gasteiger partial charge is 0.493 e. The molecule has 1 atom stereocenters. The van der Waals surface area contributed by atoms with E-state index >= 15 is 0 Å². The quantitative estimate of drug-likeness (QED) is 0.794. The molecule has 1 unspecified atom stereocenters. The number of rotatable bonds is 7. The van der Waals surface area contributed by atoms with E-state index in [0.29, 0.717) is 24.5 Å². The molecule has 0 saturated carbocycles. The first-order valence-corrected chi connectivity index (χ1v) is 6.22. The van der Waals surface area contributed by atoms with Gasteiger partial charge in [0.1, 0.15) is 0 Å². The fraction of sp³-hybridized carbons (Fsp3) is 0.500. The van der Waals surface area contributed by atoms with Crippen LogP contribution in [0.25, 0.3) is 0 Å². The van der Waals surface area contributed by atoms with E-state index in [1.54, 1.807) is 14.2 Å². The zero-order valence-corrected chi connectivity index (χ0v) is 11.8. The fourth-order valence-corrected chi connectivity index (χ4v) is 1.81. The lowest BCUT2D eigenvalue weighted by Gasteiger charge is -2.16. The number of nitrogens with one attached hydrogen (secondary N) is 1. The maximum absolute atomic E-state index is 11.0. The highest BCUT2D eigenvalue weighted by atomic mass is 16.5. The number of methoxy groups -OCH3 is 2. The van der Waals surface area contributed by atoms with E-state index in [-0.39, 0.29) is 0 Å². The number of aryl methyl sites for hydroxylation is 1. The standard InChI is InChI=1S/C14H21NO4/c1-5-10(14(16)17)8-15-11-7-13(19-4)12(18-3)6-9(11)2/h6-7,10,15H,5,8H2,1-4H3,(H,16,17). The van der Waals surface area contributed by atoms with Gasteiger partial charge in [-0.3, -0.25) is 4.79 Å². The average molecular weight is 267 g/mol. The number of carbonyl (C=O) groups is 1. The number of carboxylic acid groups (broad SMARTS) is 1. The first kappa shape index (κ1) is 15.1. The lowest BCUT2D eigenvalue weighted by Crippen LogP contribution is -2.22. The fourth-order valence-electron chi connectivity index (χ4n) is 1.81. The highest BCUT2D eigenvalue weighted by molar-refractivity contribution is 5.71. The molecule has 0 aliphatic heterocycles. The van der Waals surface area contributed by atoms with Gasteiger partial charge in [-0.15, -0.1) is 0 Å². The van der Waals surface area contributed by atoms with Gasteiger partial charge in [0, 0.05) is 18.3 Å². The molecule has 106 valence electrons. The molecule has 0 aromatic heterocycles. The van der Waals surface area contributed by atoms with Gasteiger partial charge in [-0.05, 0) is 25.0 Å². The van der Waals surface area contributed by atoms with Crippen molar-refractivity contribution in [1.29, 1.82) is 0 Å². The molecule has 5 heteroatoms. The summed E-state index contributed by atoms with van der Waals surface area (Å²) in [5.74, 6) is 0.107. The van der Waals surface area contributed by atoms with Gasteiger partial charge < -0.3 is 19.9 Å². The molecule has 1 aromatic rings. The third-order valence-electron chi connectivity index (χ3n) is 3.11. The third kappa shape index (κ3) is 3.77. The molecule has 1 aromatic carbocycles. The minimum absolute atomic E-state index is 0.391. The van der Waals surface area contributed by atoms with E-state index in [2.05, 4.69) is 5.32 Å². The molecule has 0 amide bonds. The van der Waals surface area contributed by atoms with Crippen LogP contribution < -0.4 is 14.8 Å². The Morgan fingerprint density at radius 3 is 2.37 bits per heavy atom. The molecule has 0 aliphatic carbocycles. The SMILES string of the molecule is CCC(CNc1cc(OC)c(OC)cc1C)C(=O)O. The van der Waals surface area contributed by atoms with Crippen molar-refractivity contribution in [3.63, 3.8) is 0 Å². The predicted molar refractivity (Wildman–Crippen MR) is 74.2 cm³/mol. The van der Waals surface area contributed by atoms with Crippen LogP contribution in [0, 0.1) is 12.8 Å². The molecule has 0 heterocycles. The molecule has 0 bridgehead atoms. The molecule has 0 aliphatic rings. The van der Waals surface area contributed by atoms with E-state index in [4.69, 9.17) is 14.6 Å². The van der Waals surface area contributed by atoms with Crippen molar-refractivity contribution in [2.45, 2.75) is 20.3 Å². The number of ether oxygens (including phenoxy) is 2. The summed E-state index contributed by atoms with van der Waals surface area (Å²) in [6, 6.07) is 3.69. The highest BCUT2D eigenvalue weighted by Crippen LogP contribution is 2.32. The Morgan fingerprint density at radius 2 is 1.89 bits per heavy atom. The topological polar surface area (TPSA) is 67.8 Å². The van der Waals surface area contributed by atoms with Crippen LogP contribution in [0.15, 0.2) is 12.1 Å². The summed E-state index contributed by atoms with van der Waals surface area (Å²) in [6.45, 7) is 4.19. The number of benzene rings is 1. The Kier molecular flexibility index (Phi) is 5.48. The second kappa shape index (κ2) is 6.87. The summed E-state index contributed by atoms with van der Waals surface area (Å²) in [5, 5.41) is 12.2. The van der Waals surface area contributed by atoms with Crippen LogP contribution in [-0.4, -0.2) is 31.8 Å². The Labute approximate surface area is 113 Å². The first-order valence-electron chi connectivity index (χ1n) is 6.22. The molecule has 0 fully saturated rings. The van der Waals surface area contributed by atoms with Crippen molar-refractivity contribution in [2.75, 3.05) is 26.1 Å². The van der Waals surface area contributed by atoms with E-state index < -0.39 is 11.9 Å². The lowest BCUT2D eigenvalue weighted by molar-refractivity contribution is -0.141. The maximum atomic E-state index is 11.0. The van der Waals surface area contributed by atoms with E-state index in [1.807, 2.05) is 26.0 Å². The van der Waals surface area contributed by atoms with Gasteiger partial charge >= 0.3 is 5.97 Å². The third-order valence-corrected chi connectivity index (χ3v) is 3.11. The molecular weight excluding hydrogens is 246 g/mol. The van der Waals surface area contributed by atoms with Gasteiger partial charge in [0.25, 0.3) is 0 Å². The summed E-state index contributed by atoms with van der Waals surface area (Å²) < 4.78 is 10.4. The Bertz CT molecular complexity index is 445. The van der Waals surface area contributed by atoms with Crippen LogP contribution in [0.1, 0.15) is 18.9 Å². The zero-order chi connectivity index (χ0) is 14.4. The van der Waals surface area contributed by atoms with Crippen LogP contribution in [0.5, 0.6) is 11.5 Å². The number of hydrogen-bond donors (Lipinski definition) is 2. The summed E-state index contributed by atoms with van der Waals surface area (Å²) >= 11 is 0. The van der Waals surface area contributed by atoms with Crippen LogP contribution >= 0.6 is 0 Å². The molecule has 0 spiro atoms. The van der Waals surface area contributed by atoms with Crippen molar-refractivity contribution in [3.8, 4) is 11.5 Å². The second-order valence-electron chi connectivity index (χ2n) is 4.35. The van der Waals surface area contributed by atoms with Gasteiger partial charge in [0.15, 0.2) is 11.5 Å². The van der Waals surface area contributed by atoms with E-state index in [0.717, 1.165) is 11.3 Å². The minimum Gasteiger partial charge on any atom is -0.493 e. The van der Waals surface area contributed by atoms with Crippen LogP contribution in [0.2, 0.25) is 0 Å². The summed E-state index contributed by atoms with van der Waals surface area (Å²) in [4.78, 5) is 11.0. The van der Waals surface area contributed by atoms with Crippen LogP contribution in [0.4, 0.5) is 5.69 Å². The van der Waals surface area contributed by atoms with Gasteiger partial charge in [-0.1, -0.05) is 6.92 Å². The molecule has 19 heavy (non-hydrogen) atoms. The molecule has 0 saturated heterocycles. The van der Waals surface area contributed by atoms with Crippen molar-refractivity contribution in [3.05, 3.63) is 17.7 Å². The molecule has 2 N–H and O–H groups in total. The smallest absolute Gasteiger partial charge is 0.308 e. The molecule has 5 nitrogen and oxygen atoms in total. The van der Waals surface area contributed by atoms with Crippen molar-refractivity contribution >= 4 is 11.7 Å². The number of anilines is 1. The van der Waals surface area contributed by atoms with Crippen molar-refractivity contribution < 1.29 is 19.4 Å². The van der Waals surface area contributed by atoms with E-state index in [1.165, 1.54) is 0 Å². The predicted octanol–water partition coefficient (Wildman–Crippen LogP) is 2.53. The Morgan fingerprint density at radius 1 is 1.32 bits per heavy atom. The second-order valence-corrected chi connectivity index (χ2v) is 4.35. The number of aliphatic carboxylic acids is 1. The summed E-state index contributed by atoms with van der Waals surface area (Å²) in [7, 11) is 3.16. The maximum Gasteiger partial charge on any atom is 0.308 e. The first-order chi connectivity index (χ1) is 9.03. The number of hydrogen-bond acceptors (Lipinski definition) is 4. The molecule has 1 rings (SSSR count). The zero-order valence-electron chi connectivity index (χ0n) is 11.8. The van der Waals surface area contributed by atoms with Crippen LogP contribution in [-0.2, 0) is 4.79 Å². The molecule has 0 radical (unpaired) electrons. The van der Waals surface area contributed by atoms with Crippen molar-refractivity contribution in [1.82, 2.24) is 0 Å². The van der Waals surface area contributed by atoms with Gasteiger partial charge in [-0.2, -0.15) is 0 Å². The van der Waals surface area contributed by atoms with Gasteiger partial charge in [0.05, 0.1) is 20.1 Å². The van der Waals surface area contributed by atoms with Crippen molar-refractivity contribution in [2.24, 2.45) is 5.92 Å². The highest BCUT2D eigenvalue weighted by Gasteiger charge is 2.15. The summed E-state index contributed by atoms with van der Waals surface area (Å²) in [6.07, 6.45) is 0.592. The Balaban J connectivity index is 2.86. The Hall–Kier alpha value is -1.91. The van der Waals surface area contributed by atoms with Gasteiger partial charge in [-0.25, -0.2) is 0 Å². The minimum atomic E-state index is -0.784. The number of carboxylic acids is 1. The van der Waals surface area contributed by atoms with E-state index in [9.17, 15) is 4.79 Å². The normalized spacial score (nSPS) is 11.8. The summed E-state index contributed by atoms with van der Waals surface area (Å²) in [5.41, 5.74) is 1.84.